The molecule has 0 radical (unpaired) electrons. The molecule has 6 nitrogen and oxygen atoms in total. The summed E-state index contributed by atoms with van der Waals surface area (Å²) in [6.45, 7) is 2.95. The number of hydrogen-bond acceptors (Lipinski definition) is 5. The fourth-order valence-corrected chi connectivity index (χ4v) is 3.90. The summed E-state index contributed by atoms with van der Waals surface area (Å²) in [7, 11) is 3.84. The van der Waals surface area contributed by atoms with Gasteiger partial charge in [0.25, 0.3) is 0 Å². The third-order valence-corrected chi connectivity index (χ3v) is 5.60. The molecule has 0 saturated carbocycles. The molecule has 0 bridgehead atoms. The van der Waals surface area contributed by atoms with Crippen molar-refractivity contribution in [2.24, 2.45) is 0 Å². The fraction of sp³-hybridized carbons (Fsp3) is 0.556. The van der Waals surface area contributed by atoms with Crippen molar-refractivity contribution >= 4 is 23.6 Å². The van der Waals surface area contributed by atoms with Crippen LogP contribution in [0.25, 0.3) is 0 Å². The van der Waals surface area contributed by atoms with Crippen molar-refractivity contribution < 1.29 is 14.3 Å². The van der Waals surface area contributed by atoms with E-state index in [0.29, 0.717) is 32.8 Å². The molecule has 1 aromatic rings. The van der Waals surface area contributed by atoms with Gasteiger partial charge in [0.05, 0.1) is 0 Å². The van der Waals surface area contributed by atoms with Crippen molar-refractivity contribution in [1.82, 2.24) is 15.5 Å². The molecule has 1 fully saturated rings. The molecule has 0 aromatic heterocycles. The molecule has 25 heavy (non-hydrogen) atoms. The molecular weight excluding hydrogens is 338 g/mol. The van der Waals surface area contributed by atoms with Crippen LogP contribution in [0.5, 0.6) is 0 Å². The number of benzene rings is 1. The highest BCUT2D eigenvalue weighted by Crippen LogP contribution is 2.39. The van der Waals surface area contributed by atoms with Gasteiger partial charge in [-0.05, 0) is 39.1 Å². The van der Waals surface area contributed by atoms with E-state index in [1.165, 1.54) is 0 Å². The lowest BCUT2D eigenvalue weighted by molar-refractivity contribution is -0.139. The molecule has 2 rings (SSSR count). The lowest BCUT2D eigenvalue weighted by Gasteiger charge is -2.36. The maximum atomic E-state index is 12.1. The number of ether oxygens (including phenoxy) is 1. The predicted octanol–water partition coefficient (Wildman–Crippen LogP) is 1.12. The molecule has 1 aromatic carbocycles. The molecule has 0 unspecified atom stereocenters. The molecular formula is C18H27N3O3S. The highest BCUT2D eigenvalue weighted by Gasteiger charge is 2.34. The monoisotopic (exact) mass is 365 g/mol. The van der Waals surface area contributed by atoms with Gasteiger partial charge in [0.15, 0.2) is 0 Å². The van der Waals surface area contributed by atoms with Crippen LogP contribution in [0.4, 0.5) is 0 Å². The first kappa shape index (κ1) is 19.8. The zero-order chi connectivity index (χ0) is 18.1. The fourth-order valence-electron chi connectivity index (χ4n) is 2.59. The number of likely N-dealkylation sites (N-methyl/N-ethyl adjacent to an activating group) is 1. The van der Waals surface area contributed by atoms with E-state index in [1.54, 1.807) is 11.8 Å². The summed E-state index contributed by atoms with van der Waals surface area (Å²) in [5.41, 5.74) is 0. The van der Waals surface area contributed by atoms with Crippen molar-refractivity contribution in [3.8, 4) is 0 Å². The topological polar surface area (TPSA) is 70.7 Å². The maximum absolute atomic E-state index is 12.1. The average molecular weight is 365 g/mol. The van der Waals surface area contributed by atoms with Crippen molar-refractivity contribution in [2.45, 2.75) is 22.5 Å². The van der Waals surface area contributed by atoms with E-state index in [-0.39, 0.29) is 4.75 Å². The van der Waals surface area contributed by atoms with Crippen molar-refractivity contribution in [1.29, 1.82) is 0 Å². The number of nitrogens with one attached hydrogen (secondary N) is 2. The number of thioether (sulfide) groups is 1. The summed E-state index contributed by atoms with van der Waals surface area (Å²) in [5, 5.41) is 5.45. The number of carbonyl (C=O) groups excluding carboxylic acids is 2. The molecule has 1 aliphatic heterocycles. The first-order chi connectivity index (χ1) is 12.0. The zero-order valence-electron chi connectivity index (χ0n) is 14.9. The minimum Gasteiger partial charge on any atom is -0.381 e. The standard InChI is InChI=1S/C18H27N3O3S/c1-21(2)11-10-19-16(22)17(23)20-14-18(8-12-24-13-9-18)25-15-6-4-3-5-7-15/h3-7H,8-14H2,1-2H3,(H,19,22)(H,20,23). The molecule has 0 aliphatic carbocycles. The number of carbonyl (C=O) groups is 2. The van der Waals surface area contributed by atoms with E-state index in [0.717, 1.165) is 17.7 Å². The third kappa shape index (κ3) is 6.68. The Morgan fingerprint density at radius 1 is 1.12 bits per heavy atom. The van der Waals surface area contributed by atoms with Crippen LogP contribution in [0.15, 0.2) is 35.2 Å². The Balaban J connectivity index is 1.89. The number of nitrogens with zero attached hydrogens (tertiary/aromatic N) is 1. The normalized spacial score (nSPS) is 16.4. The smallest absolute Gasteiger partial charge is 0.309 e. The Morgan fingerprint density at radius 3 is 2.40 bits per heavy atom. The van der Waals surface area contributed by atoms with E-state index >= 15 is 0 Å². The Hall–Kier alpha value is -1.57. The van der Waals surface area contributed by atoms with Gasteiger partial charge in [0.2, 0.25) is 0 Å². The van der Waals surface area contributed by atoms with E-state index < -0.39 is 11.8 Å². The Labute approximate surface area is 153 Å². The van der Waals surface area contributed by atoms with Crippen LogP contribution in [-0.2, 0) is 14.3 Å². The zero-order valence-corrected chi connectivity index (χ0v) is 15.7. The van der Waals surface area contributed by atoms with Gasteiger partial charge in [0.1, 0.15) is 0 Å². The van der Waals surface area contributed by atoms with Gasteiger partial charge in [-0.3, -0.25) is 9.59 Å². The summed E-state index contributed by atoms with van der Waals surface area (Å²) < 4.78 is 5.34. The van der Waals surface area contributed by atoms with Crippen LogP contribution in [0.1, 0.15) is 12.8 Å². The Bertz CT molecular complexity index is 560. The van der Waals surface area contributed by atoms with Crippen molar-refractivity contribution in [3.63, 3.8) is 0 Å². The van der Waals surface area contributed by atoms with Crippen molar-refractivity contribution in [2.75, 3.05) is 46.9 Å². The van der Waals surface area contributed by atoms with Crippen LogP contribution in [0.3, 0.4) is 0 Å². The summed E-state index contributed by atoms with van der Waals surface area (Å²) in [6.07, 6.45) is 1.68. The number of rotatable bonds is 7. The third-order valence-electron chi connectivity index (χ3n) is 4.10. The second-order valence-electron chi connectivity index (χ2n) is 6.45. The second kappa shape index (κ2) is 9.79. The first-order valence-corrected chi connectivity index (χ1v) is 9.35. The summed E-state index contributed by atoms with van der Waals surface area (Å²) in [6, 6.07) is 10.1. The average Bonchev–Trinajstić information content (AvgIpc) is 2.61. The van der Waals surface area contributed by atoms with Crippen LogP contribution in [0, 0.1) is 0 Å². The van der Waals surface area contributed by atoms with Gasteiger partial charge in [-0.15, -0.1) is 11.8 Å². The van der Waals surface area contributed by atoms with Gasteiger partial charge in [-0.2, -0.15) is 0 Å². The van der Waals surface area contributed by atoms with Gasteiger partial charge in [-0.1, -0.05) is 18.2 Å². The highest BCUT2D eigenvalue weighted by atomic mass is 32.2. The molecule has 138 valence electrons. The minimum atomic E-state index is -0.575. The molecule has 0 atom stereocenters. The van der Waals surface area contributed by atoms with E-state index in [1.807, 2.05) is 37.2 Å². The largest absolute Gasteiger partial charge is 0.381 e. The molecule has 2 N–H and O–H groups in total. The van der Waals surface area contributed by atoms with Gasteiger partial charge in [0, 0.05) is 42.5 Å². The van der Waals surface area contributed by atoms with E-state index in [2.05, 4.69) is 22.8 Å². The molecule has 0 spiro atoms. The Morgan fingerprint density at radius 2 is 1.76 bits per heavy atom. The molecule has 1 heterocycles. The Kier molecular flexibility index (Phi) is 7.74. The number of hydrogen-bond donors (Lipinski definition) is 2. The lowest BCUT2D eigenvalue weighted by atomic mass is 9.99. The second-order valence-corrected chi connectivity index (χ2v) is 7.99. The molecule has 2 amide bonds. The molecule has 1 aliphatic rings. The highest BCUT2D eigenvalue weighted by molar-refractivity contribution is 8.00. The first-order valence-electron chi connectivity index (χ1n) is 8.53. The molecule has 7 heteroatoms. The van der Waals surface area contributed by atoms with Crippen LogP contribution >= 0.6 is 11.8 Å². The summed E-state index contributed by atoms with van der Waals surface area (Å²) in [5.74, 6) is -1.15. The van der Waals surface area contributed by atoms with Crippen LogP contribution in [-0.4, -0.2) is 68.4 Å². The van der Waals surface area contributed by atoms with Gasteiger partial charge >= 0.3 is 11.8 Å². The van der Waals surface area contributed by atoms with Crippen LogP contribution < -0.4 is 10.6 Å². The lowest BCUT2D eigenvalue weighted by Crippen LogP contribution is -2.49. The predicted molar refractivity (Wildman–Crippen MR) is 99.7 cm³/mol. The maximum Gasteiger partial charge on any atom is 0.309 e. The van der Waals surface area contributed by atoms with Gasteiger partial charge < -0.3 is 20.3 Å². The number of amides is 2. The molecule has 1 saturated heterocycles. The minimum absolute atomic E-state index is 0.140. The van der Waals surface area contributed by atoms with E-state index in [9.17, 15) is 9.59 Å². The summed E-state index contributed by atoms with van der Waals surface area (Å²) in [4.78, 5) is 27.1. The van der Waals surface area contributed by atoms with Crippen molar-refractivity contribution in [3.05, 3.63) is 30.3 Å². The van der Waals surface area contributed by atoms with E-state index in [4.69, 9.17) is 4.74 Å². The quantitative estimate of drug-likeness (QED) is 0.709. The van der Waals surface area contributed by atoms with Gasteiger partial charge in [-0.25, -0.2) is 0 Å². The summed E-state index contributed by atoms with van der Waals surface area (Å²) >= 11 is 1.75. The SMILES string of the molecule is CN(C)CCNC(=O)C(=O)NCC1(Sc2ccccc2)CCOCC1. The van der Waals surface area contributed by atoms with Crippen LogP contribution in [0.2, 0.25) is 0 Å².